The number of nitrogens with zero attached hydrogens (tertiary/aromatic N) is 3. The number of benzene rings is 3. The summed E-state index contributed by atoms with van der Waals surface area (Å²) in [4.78, 5) is 11.1. The summed E-state index contributed by atoms with van der Waals surface area (Å²) < 4.78 is 0.170. The summed E-state index contributed by atoms with van der Waals surface area (Å²) in [6, 6.07) is 30.7. The number of aliphatic carboxylic acids is 1. The molecule has 1 unspecified atom stereocenters. The van der Waals surface area contributed by atoms with Crippen LogP contribution < -0.4 is 4.70 Å². The van der Waals surface area contributed by atoms with E-state index < -0.39 is 5.97 Å². The van der Waals surface area contributed by atoms with E-state index in [0.717, 1.165) is 54.0 Å². The highest BCUT2D eigenvalue weighted by atomic mass is 16.4. The first kappa shape index (κ1) is 22.6. The van der Waals surface area contributed by atoms with Gasteiger partial charge in [-0.3, -0.25) is 4.79 Å². The van der Waals surface area contributed by atoms with Crippen LogP contribution in [0.4, 0.5) is 5.69 Å². The Morgan fingerprint density at radius 1 is 0.758 bits per heavy atom. The van der Waals surface area contributed by atoms with Gasteiger partial charge in [0.15, 0.2) is 17.1 Å². The SMILES string of the molecule is CC(CCCCC[N+]1(c2ccccc2)N=C(c2ccccc2)C(c2ccccc2)=N1)C(=O)O. The lowest BCUT2D eigenvalue weighted by molar-refractivity contribution is -0.141. The molecule has 1 N–H and O–H groups in total. The van der Waals surface area contributed by atoms with Gasteiger partial charge < -0.3 is 5.11 Å². The van der Waals surface area contributed by atoms with Gasteiger partial charge in [0, 0.05) is 29.7 Å². The van der Waals surface area contributed by atoms with Crippen molar-refractivity contribution in [2.24, 2.45) is 16.1 Å². The fourth-order valence-electron chi connectivity index (χ4n) is 4.12. The van der Waals surface area contributed by atoms with E-state index in [2.05, 4.69) is 36.4 Å². The van der Waals surface area contributed by atoms with Crippen molar-refractivity contribution < 1.29 is 9.90 Å². The van der Waals surface area contributed by atoms with Crippen LogP contribution >= 0.6 is 0 Å². The van der Waals surface area contributed by atoms with Gasteiger partial charge in [0.2, 0.25) is 0 Å². The van der Waals surface area contributed by atoms with Gasteiger partial charge in [-0.05, 0) is 27.7 Å². The van der Waals surface area contributed by atoms with Gasteiger partial charge in [0.1, 0.15) is 6.54 Å². The molecule has 5 heteroatoms. The number of hydrogen-bond donors (Lipinski definition) is 1. The van der Waals surface area contributed by atoms with Crippen LogP contribution in [0, 0.1) is 5.92 Å². The average molecular weight is 441 g/mol. The molecule has 0 aliphatic carbocycles. The molecule has 0 amide bonds. The summed E-state index contributed by atoms with van der Waals surface area (Å²) in [5.41, 5.74) is 4.91. The van der Waals surface area contributed by atoms with Gasteiger partial charge >= 0.3 is 5.97 Å². The highest BCUT2D eigenvalue weighted by Gasteiger charge is 2.40. The summed E-state index contributed by atoms with van der Waals surface area (Å²) in [5.74, 6) is -1.03. The molecule has 0 saturated carbocycles. The molecule has 0 radical (unpaired) electrons. The number of carboxylic acid groups (broad SMARTS) is 1. The Morgan fingerprint density at radius 3 is 1.73 bits per heavy atom. The Balaban J connectivity index is 1.67. The van der Waals surface area contributed by atoms with Gasteiger partial charge in [-0.2, -0.15) is 0 Å². The van der Waals surface area contributed by atoms with Crippen molar-refractivity contribution >= 4 is 23.1 Å². The minimum absolute atomic E-state index is 0.170. The van der Waals surface area contributed by atoms with Crippen molar-refractivity contribution in [2.45, 2.75) is 32.6 Å². The Labute approximate surface area is 195 Å². The second-order valence-electron chi connectivity index (χ2n) is 8.51. The summed E-state index contributed by atoms with van der Waals surface area (Å²) in [6.07, 6.45) is 3.42. The van der Waals surface area contributed by atoms with Crippen LogP contribution in [0.2, 0.25) is 0 Å². The molecule has 0 saturated heterocycles. The molecular weight excluding hydrogens is 410 g/mol. The number of unbranched alkanes of at least 4 members (excludes halogenated alkanes) is 2. The summed E-state index contributed by atoms with van der Waals surface area (Å²) in [7, 11) is 0. The van der Waals surface area contributed by atoms with E-state index in [-0.39, 0.29) is 10.6 Å². The Kier molecular flexibility index (Phi) is 7.10. The number of carboxylic acids is 1. The van der Waals surface area contributed by atoms with Crippen molar-refractivity contribution in [3.63, 3.8) is 0 Å². The zero-order chi connectivity index (χ0) is 23.1. The van der Waals surface area contributed by atoms with Gasteiger partial charge in [-0.15, -0.1) is 0 Å². The van der Waals surface area contributed by atoms with E-state index in [1.165, 1.54) is 0 Å². The van der Waals surface area contributed by atoms with E-state index in [1.807, 2.05) is 54.6 Å². The Hall–Kier alpha value is -3.57. The molecule has 1 heterocycles. The maximum absolute atomic E-state index is 11.1. The zero-order valence-corrected chi connectivity index (χ0v) is 19.0. The molecule has 5 nitrogen and oxygen atoms in total. The third-order valence-corrected chi connectivity index (χ3v) is 6.05. The zero-order valence-electron chi connectivity index (χ0n) is 19.0. The summed E-state index contributed by atoms with van der Waals surface area (Å²) in [5, 5.41) is 19.6. The molecule has 1 atom stereocenters. The first-order valence-corrected chi connectivity index (χ1v) is 11.6. The highest BCUT2D eigenvalue weighted by molar-refractivity contribution is 6.54. The Morgan fingerprint density at radius 2 is 1.24 bits per heavy atom. The predicted molar refractivity (Wildman–Crippen MR) is 134 cm³/mol. The minimum Gasteiger partial charge on any atom is -0.481 e. The average Bonchev–Trinajstić information content (AvgIpc) is 3.26. The number of para-hydroxylation sites is 1. The van der Waals surface area contributed by atoms with Crippen LogP contribution in [0.1, 0.15) is 43.7 Å². The standard InChI is InChI=1S/C28H29N3O2/c1-22(28(32)33)14-6-5-13-21-31(25-19-11-4-12-20-25)29-26(23-15-7-2-8-16-23)27(30-31)24-17-9-3-10-18-24/h2-4,7-12,15-20,22H,5-6,13-14,21H2,1H3/p+1. The largest absolute Gasteiger partial charge is 0.481 e. The molecular formula is C28H30N3O2+. The fraction of sp³-hybridized carbons (Fsp3) is 0.250. The fourth-order valence-corrected chi connectivity index (χ4v) is 4.12. The summed E-state index contributed by atoms with van der Waals surface area (Å²) in [6.45, 7) is 2.49. The highest BCUT2D eigenvalue weighted by Crippen LogP contribution is 2.32. The maximum atomic E-state index is 11.1. The van der Waals surface area contributed by atoms with Crippen LogP contribution in [0.3, 0.4) is 0 Å². The Bertz CT molecular complexity index is 1070. The van der Waals surface area contributed by atoms with Crippen molar-refractivity contribution in [3.05, 3.63) is 102 Å². The second kappa shape index (κ2) is 10.4. The first-order valence-electron chi connectivity index (χ1n) is 11.6. The van der Waals surface area contributed by atoms with E-state index in [1.54, 1.807) is 6.92 Å². The molecule has 3 aromatic carbocycles. The second-order valence-corrected chi connectivity index (χ2v) is 8.51. The van der Waals surface area contributed by atoms with Gasteiger partial charge in [-0.25, -0.2) is 0 Å². The lowest BCUT2D eigenvalue weighted by atomic mass is 10.0. The molecule has 0 spiro atoms. The smallest absolute Gasteiger partial charge is 0.306 e. The molecule has 168 valence electrons. The minimum atomic E-state index is -0.725. The van der Waals surface area contributed by atoms with E-state index in [9.17, 15) is 4.79 Å². The number of hydrogen-bond acceptors (Lipinski definition) is 3. The van der Waals surface area contributed by atoms with Crippen molar-refractivity contribution in [2.75, 3.05) is 6.54 Å². The number of rotatable bonds is 10. The van der Waals surface area contributed by atoms with E-state index in [0.29, 0.717) is 6.42 Å². The molecule has 3 aromatic rings. The first-order chi connectivity index (χ1) is 16.1. The molecule has 1 aliphatic heterocycles. The molecule has 4 rings (SSSR count). The lowest BCUT2D eigenvalue weighted by Crippen LogP contribution is -2.37. The van der Waals surface area contributed by atoms with E-state index in [4.69, 9.17) is 15.3 Å². The van der Waals surface area contributed by atoms with Crippen molar-refractivity contribution in [1.82, 2.24) is 4.70 Å². The third-order valence-electron chi connectivity index (χ3n) is 6.05. The normalized spacial score (nSPS) is 15.5. The number of quaternary nitrogens is 1. The van der Waals surface area contributed by atoms with Gasteiger partial charge in [-0.1, -0.05) is 92.2 Å². The van der Waals surface area contributed by atoms with Gasteiger partial charge in [0.25, 0.3) is 0 Å². The van der Waals surface area contributed by atoms with Crippen molar-refractivity contribution in [1.29, 1.82) is 0 Å². The molecule has 33 heavy (non-hydrogen) atoms. The monoisotopic (exact) mass is 440 g/mol. The molecule has 0 aromatic heterocycles. The van der Waals surface area contributed by atoms with Crippen LogP contribution in [0.25, 0.3) is 0 Å². The lowest BCUT2D eigenvalue weighted by Gasteiger charge is -2.22. The van der Waals surface area contributed by atoms with Crippen LogP contribution in [0.5, 0.6) is 0 Å². The van der Waals surface area contributed by atoms with Crippen LogP contribution in [-0.4, -0.2) is 29.0 Å². The quantitative estimate of drug-likeness (QED) is 0.306. The van der Waals surface area contributed by atoms with Gasteiger partial charge in [0.05, 0.1) is 5.92 Å². The van der Waals surface area contributed by atoms with E-state index >= 15 is 0 Å². The molecule has 0 fully saturated rings. The predicted octanol–water partition coefficient (Wildman–Crippen LogP) is 6.10. The maximum Gasteiger partial charge on any atom is 0.306 e. The van der Waals surface area contributed by atoms with Crippen LogP contribution in [0.15, 0.2) is 101 Å². The molecule has 1 aliphatic rings. The number of carbonyl (C=O) groups is 1. The third kappa shape index (κ3) is 5.26. The topological polar surface area (TPSA) is 62.0 Å². The van der Waals surface area contributed by atoms with Crippen molar-refractivity contribution in [3.8, 4) is 0 Å². The van der Waals surface area contributed by atoms with Crippen LogP contribution in [-0.2, 0) is 4.79 Å². The summed E-state index contributed by atoms with van der Waals surface area (Å²) >= 11 is 0. The molecule has 0 bridgehead atoms.